The Balaban J connectivity index is 0.00000264. The normalized spacial score (nSPS) is 13.1. The largest absolute Gasteiger partial charge is 0.352 e. The van der Waals surface area contributed by atoms with Crippen LogP contribution in [0.3, 0.4) is 0 Å². The highest BCUT2D eigenvalue weighted by molar-refractivity contribution is 5.85. The molecule has 0 saturated carbocycles. The zero-order valence-corrected chi connectivity index (χ0v) is 14.9. The van der Waals surface area contributed by atoms with E-state index in [0.717, 1.165) is 22.6 Å². The number of aromatic nitrogens is 2. The number of aryl methyl sites for hydroxylation is 1. The van der Waals surface area contributed by atoms with E-state index in [1.54, 1.807) is 0 Å². The Morgan fingerprint density at radius 3 is 2.43 bits per heavy atom. The van der Waals surface area contributed by atoms with Gasteiger partial charge in [-0.2, -0.15) is 5.10 Å². The van der Waals surface area contributed by atoms with Crippen LogP contribution in [0.25, 0.3) is 5.69 Å². The van der Waals surface area contributed by atoms with E-state index in [1.165, 1.54) is 0 Å². The van der Waals surface area contributed by atoms with Gasteiger partial charge in [-0.3, -0.25) is 4.79 Å². The smallest absolute Gasteiger partial charge is 0.224 e. The Kier molecular flexibility index (Phi) is 6.79. The van der Waals surface area contributed by atoms with Gasteiger partial charge in [-0.05, 0) is 32.9 Å². The maximum atomic E-state index is 12.0. The highest BCUT2D eigenvalue weighted by atomic mass is 35.5. The zero-order valence-electron chi connectivity index (χ0n) is 14.0. The van der Waals surface area contributed by atoms with Crippen LogP contribution in [-0.4, -0.2) is 21.7 Å². The number of benzene rings is 1. The number of amides is 1. The lowest BCUT2D eigenvalue weighted by Crippen LogP contribution is -2.38. The molecule has 0 bridgehead atoms. The van der Waals surface area contributed by atoms with Crippen molar-refractivity contribution in [2.24, 2.45) is 11.7 Å². The molecule has 0 fully saturated rings. The number of hydrogen-bond donors (Lipinski definition) is 2. The molecule has 0 aliphatic rings. The first-order valence-electron chi connectivity index (χ1n) is 7.55. The third-order valence-corrected chi connectivity index (χ3v) is 4.08. The molecule has 2 aromatic rings. The van der Waals surface area contributed by atoms with Crippen LogP contribution in [0.15, 0.2) is 30.3 Å². The lowest BCUT2D eigenvalue weighted by atomic mass is 10.0. The van der Waals surface area contributed by atoms with E-state index in [2.05, 4.69) is 10.4 Å². The van der Waals surface area contributed by atoms with Crippen molar-refractivity contribution in [3.63, 3.8) is 0 Å². The first-order chi connectivity index (χ1) is 10.4. The summed E-state index contributed by atoms with van der Waals surface area (Å²) in [5, 5.41) is 7.53. The van der Waals surface area contributed by atoms with Gasteiger partial charge in [0.15, 0.2) is 0 Å². The molecule has 2 unspecified atom stereocenters. The number of nitrogens with zero attached hydrogens (tertiary/aromatic N) is 2. The van der Waals surface area contributed by atoms with E-state index in [1.807, 2.05) is 62.7 Å². The minimum Gasteiger partial charge on any atom is -0.352 e. The molecule has 126 valence electrons. The Morgan fingerprint density at radius 1 is 1.26 bits per heavy atom. The van der Waals surface area contributed by atoms with Crippen LogP contribution < -0.4 is 11.1 Å². The minimum atomic E-state index is -0.204. The van der Waals surface area contributed by atoms with Crippen molar-refractivity contribution in [2.75, 3.05) is 0 Å². The van der Waals surface area contributed by atoms with Crippen LogP contribution >= 0.6 is 12.4 Å². The summed E-state index contributed by atoms with van der Waals surface area (Å²) in [7, 11) is 0. The average Bonchev–Trinajstić information content (AvgIpc) is 2.79. The van der Waals surface area contributed by atoms with Gasteiger partial charge in [-0.15, -0.1) is 12.4 Å². The summed E-state index contributed by atoms with van der Waals surface area (Å²) in [6, 6.07) is 9.81. The van der Waals surface area contributed by atoms with Crippen molar-refractivity contribution in [1.82, 2.24) is 15.1 Å². The molecule has 6 heteroatoms. The summed E-state index contributed by atoms with van der Waals surface area (Å²) < 4.78 is 1.91. The second-order valence-corrected chi connectivity index (χ2v) is 5.76. The van der Waals surface area contributed by atoms with Crippen molar-refractivity contribution < 1.29 is 4.79 Å². The van der Waals surface area contributed by atoms with Gasteiger partial charge in [0.25, 0.3) is 0 Å². The fourth-order valence-electron chi connectivity index (χ4n) is 2.33. The number of nitrogens with two attached hydrogens (primary N) is 1. The topological polar surface area (TPSA) is 72.9 Å². The number of halogens is 1. The summed E-state index contributed by atoms with van der Waals surface area (Å²) in [4.78, 5) is 12.0. The van der Waals surface area contributed by atoms with Gasteiger partial charge in [0, 0.05) is 29.8 Å². The Hall–Kier alpha value is -1.85. The lowest BCUT2D eigenvalue weighted by Gasteiger charge is -2.15. The predicted molar refractivity (Wildman–Crippen MR) is 94.9 cm³/mol. The fourth-order valence-corrected chi connectivity index (χ4v) is 2.33. The van der Waals surface area contributed by atoms with Crippen molar-refractivity contribution >= 4 is 18.3 Å². The number of para-hydroxylation sites is 1. The van der Waals surface area contributed by atoms with E-state index in [0.29, 0.717) is 6.54 Å². The van der Waals surface area contributed by atoms with Crippen LogP contribution in [0, 0.1) is 19.8 Å². The minimum absolute atomic E-state index is 0. The molecule has 1 heterocycles. The monoisotopic (exact) mass is 336 g/mol. The first kappa shape index (κ1) is 19.2. The van der Waals surface area contributed by atoms with Crippen LogP contribution in [0.4, 0.5) is 0 Å². The van der Waals surface area contributed by atoms with Gasteiger partial charge in [-0.25, -0.2) is 4.68 Å². The van der Waals surface area contributed by atoms with Gasteiger partial charge in [0.2, 0.25) is 5.91 Å². The number of nitrogens with one attached hydrogen (secondary N) is 1. The van der Waals surface area contributed by atoms with E-state index >= 15 is 0 Å². The molecule has 2 rings (SSSR count). The number of hydrogen-bond acceptors (Lipinski definition) is 3. The van der Waals surface area contributed by atoms with E-state index in [4.69, 9.17) is 5.73 Å². The average molecular weight is 337 g/mol. The number of carbonyl (C=O) groups excluding carboxylic acids is 1. The van der Waals surface area contributed by atoms with Crippen LogP contribution in [0.2, 0.25) is 0 Å². The molecule has 23 heavy (non-hydrogen) atoms. The quantitative estimate of drug-likeness (QED) is 0.881. The number of rotatable bonds is 5. The van der Waals surface area contributed by atoms with Gasteiger partial charge in [0.05, 0.1) is 11.4 Å². The third kappa shape index (κ3) is 4.33. The predicted octanol–water partition coefficient (Wildman–Crippen LogP) is 2.51. The summed E-state index contributed by atoms with van der Waals surface area (Å²) >= 11 is 0. The molecule has 2 atom stereocenters. The van der Waals surface area contributed by atoms with Crippen molar-refractivity contribution in [3.8, 4) is 5.69 Å². The van der Waals surface area contributed by atoms with E-state index in [9.17, 15) is 4.79 Å². The maximum Gasteiger partial charge on any atom is 0.224 e. The molecule has 5 nitrogen and oxygen atoms in total. The molecular weight excluding hydrogens is 312 g/mol. The molecule has 0 saturated heterocycles. The molecule has 1 amide bonds. The maximum absolute atomic E-state index is 12.0. The van der Waals surface area contributed by atoms with Gasteiger partial charge in [-0.1, -0.05) is 25.1 Å². The van der Waals surface area contributed by atoms with E-state index < -0.39 is 0 Å². The Bertz CT molecular complexity index is 652. The lowest BCUT2D eigenvalue weighted by molar-refractivity contribution is -0.125. The van der Waals surface area contributed by atoms with Crippen molar-refractivity contribution in [2.45, 2.75) is 40.3 Å². The van der Waals surface area contributed by atoms with E-state index in [-0.39, 0.29) is 30.3 Å². The molecule has 1 aromatic heterocycles. The fraction of sp³-hybridized carbons (Fsp3) is 0.412. The van der Waals surface area contributed by atoms with Crippen LogP contribution in [0.1, 0.15) is 30.8 Å². The molecule has 3 N–H and O–H groups in total. The summed E-state index contributed by atoms with van der Waals surface area (Å²) in [5.74, 6) is -0.231. The second-order valence-electron chi connectivity index (χ2n) is 5.76. The highest BCUT2D eigenvalue weighted by Gasteiger charge is 2.18. The second kappa shape index (κ2) is 8.13. The molecule has 1 aromatic carbocycles. The molecule has 0 aliphatic carbocycles. The third-order valence-electron chi connectivity index (χ3n) is 4.08. The van der Waals surface area contributed by atoms with Crippen molar-refractivity contribution in [1.29, 1.82) is 0 Å². The molecule has 0 spiro atoms. The SMILES string of the molecule is Cc1nn(-c2ccccc2)c(C)c1CNC(=O)C(C)C(C)N.Cl. The molecule has 0 radical (unpaired) electrons. The Morgan fingerprint density at radius 2 is 1.87 bits per heavy atom. The summed E-state index contributed by atoms with van der Waals surface area (Å²) in [6.45, 7) is 8.13. The summed E-state index contributed by atoms with van der Waals surface area (Å²) in [6.07, 6.45) is 0. The van der Waals surface area contributed by atoms with Gasteiger partial charge in [0.1, 0.15) is 0 Å². The van der Waals surface area contributed by atoms with Crippen LogP contribution in [0.5, 0.6) is 0 Å². The van der Waals surface area contributed by atoms with Gasteiger partial charge >= 0.3 is 0 Å². The van der Waals surface area contributed by atoms with Crippen molar-refractivity contribution in [3.05, 3.63) is 47.3 Å². The zero-order chi connectivity index (χ0) is 16.3. The Labute approximate surface area is 143 Å². The first-order valence-corrected chi connectivity index (χ1v) is 7.55. The van der Waals surface area contributed by atoms with Gasteiger partial charge < -0.3 is 11.1 Å². The standard InChI is InChI=1S/C17H24N4O.ClH/c1-11(12(2)18)17(22)19-10-16-13(3)20-21(14(16)4)15-8-6-5-7-9-15;/h5-9,11-12H,10,18H2,1-4H3,(H,19,22);1H. The summed E-state index contributed by atoms with van der Waals surface area (Å²) in [5.41, 5.74) is 9.80. The molecule has 0 aliphatic heterocycles. The van der Waals surface area contributed by atoms with Crippen LogP contribution in [-0.2, 0) is 11.3 Å². The number of carbonyl (C=O) groups is 1. The highest BCUT2D eigenvalue weighted by Crippen LogP contribution is 2.17. The molecular formula is C17H25ClN4O.